The molecule has 8 nitrogen and oxygen atoms in total. The largest absolute Gasteiger partial charge is 0.492 e. The lowest BCUT2D eigenvalue weighted by Gasteiger charge is -2.18. The van der Waals surface area contributed by atoms with E-state index in [4.69, 9.17) is 33.3 Å². The number of hydrogen-bond donors (Lipinski definition) is 4. The number of hydrogen-bond acceptors (Lipinski definition) is 8. The van der Waals surface area contributed by atoms with Gasteiger partial charge in [0.1, 0.15) is 0 Å². The molecule has 0 aromatic heterocycles. The smallest absolute Gasteiger partial charge is 0.391 e. The molecule has 9 heteroatoms. The summed E-state index contributed by atoms with van der Waals surface area (Å²) < 4.78 is 22.1. The second kappa shape index (κ2) is 16.7. The van der Waals surface area contributed by atoms with E-state index in [0.29, 0.717) is 51.1 Å². The predicted octanol–water partition coefficient (Wildman–Crippen LogP) is 1.18. The second-order valence-electron chi connectivity index (χ2n) is 7.98. The molecule has 0 aliphatic rings. The number of ether oxygens (including phenoxy) is 4. The van der Waals surface area contributed by atoms with E-state index in [1.807, 2.05) is 6.92 Å². The molecule has 0 aromatic carbocycles. The summed E-state index contributed by atoms with van der Waals surface area (Å²) in [5.74, 6) is 0.851. The molecule has 0 saturated heterocycles. The lowest BCUT2D eigenvalue weighted by Crippen LogP contribution is -2.34. The van der Waals surface area contributed by atoms with Crippen LogP contribution in [0, 0.1) is 11.8 Å². The van der Waals surface area contributed by atoms with Gasteiger partial charge in [-0.25, -0.2) is 0 Å². The van der Waals surface area contributed by atoms with Gasteiger partial charge in [0.2, 0.25) is 0 Å². The van der Waals surface area contributed by atoms with E-state index < -0.39 is 14.9 Å². The molecule has 3 atom stereocenters. The maximum atomic E-state index is 9.91. The number of aliphatic hydroxyl groups excluding tert-OH is 1. The molecule has 0 heterocycles. The Balaban J connectivity index is 3.53. The van der Waals surface area contributed by atoms with E-state index in [1.165, 1.54) is 0 Å². The van der Waals surface area contributed by atoms with E-state index in [-0.39, 0.29) is 25.4 Å². The second-order valence-corrected chi connectivity index (χ2v) is 10.0. The fourth-order valence-electron chi connectivity index (χ4n) is 2.38. The minimum Gasteiger partial charge on any atom is -0.391 e. The molecule has 0 rings (SSSR count). The van der Waals surface area contributed by atoms with Crippen molar-refractivity contribution < 1.29 is 38.4 Å². The minimum absolute atomic E-state index is 0.0207. The molecule has 3 unspecified atom stereocenters. The zero-order valence-electron chi connectivity index (χ0n) is 18.0. The van der Waals surface area contributed by atoms with Crippen LogP contribution in [0.4, 0.5) is 0 Å². The molecular formula is C19H42O8Si. The highest BCUT2D eigenvalue weighted by molar-refractivity contribution is 6.56. The topological polar surface area (TPSA) is 118 Å². The fourth-order valence-corrected chi connectivity index (χ4v) is 3.00. The molecule has 4 N–H and O–H groups in total. The Morgan fingerprint density at radius 3 is 2.07 bits per heavy atom. The molecular weight excluding hydrogens is 384 g/mol. The van der Waals surface area contributed by atoms with E-state index >= 15 is 0 Å². The van der Waals surface area contributed by atoms with Gasteiger partial charge in [-0.1, -0.05) is 20.8 Å². The first kappa shape index (κ1) is 27.9. The van der Waals surface area contributed by atoms with Gasteiger partial charge in [0, 0.05) is 25.9 Å². The van der Waals surface area contributed by atoms with E-state index in [0.717, 1.165) is 13.0 Å². The van der Waals surface area contributed by atoms with Crippen molar-refractivity contribution in [2.24, 2.45) is 11.8 Å². The highest BCUT2D eigenvalue weighted by Crippen LogP contribution is 2.10. The summed E-state index contributed by atoms with van der Waals surface area (Å²) >= 11 is 0. The lowest BCUT2D eigenvalue weighted by atomic mass is 10.0. The monoisotopic (exact) mass is 426 g/mol. The van der Waals surface area contributed by atoms with E-state index in [1.54, 1.807) is 0 Å². The van der Waals surface area contributed by atoms with Crippen LogP contribution in [-0.4, -0.2) is 86.8 Å². The lowest BCUT2D eigenvalue weighted by molar-refractivity contribution is -0.0383. The summed E-state index contributed by atoms with van der Waals surface area (Å²) in [5, 5.41) is 9.91. The van der Waals surface area contributed by atoms with Gasteiger partial charge in [-0.3, -0.25) is 0 Å². The molecule has 0 spiro atoms. The van der Waals surface area contributed by atoms with Crippen LogP contribution in [-0.2, 0) is 18.9 Å². The molecule has 0 aromatic rings. The molecule has 0 aliphatic carbocycles. The zero-order chi connectivity index (χ0) is 21.4. The highest BCUT2D eigenvalue weighted by Gasteiger charge is 2.25. The Bertz CT molecular complexity index is 351. The van der Waals surface area contributed by atoms with Crippen molar-refractivity contribution in [3.05, 3.63) is 0 Å². The molecule has 0 amide bonds. The highest BCUT2D eigenvalue weighted by atomic mass is 28.4. The Morgan fingerprint density at radius 2 is 1.43 bits per heavy atom. The summed E-state index contributed by atoms with van der Waals surface area (Å²) in [6, 6.07) is -0.0510. The quantitative estimate of drug-likeness (QED) is 0.180. The average Bonchev–Trinajstić information content (AvgIpc) is 2.58. The van der Waals surface area contributed by atoms with Crippen LogP contribution in [0.3, 0.4) is 0 Å². The summed E-state index contributed by atoms with van der Waals surface area (Å²) in [5.41, 5.74) is 0. The Kier molecular flexibility index (Phi) is 16.6. The maximum absolute atomic E-state index is 9.91. The Morgan fingerprint density at radius 1 is 0.750 bits per heavy atom. The molecule has 0 aliphatic heterocycles. The summed E-state index contributed by atoms with van der Waals surface area (Å²) in [4.78, 5) is 26.6. The first-order valence-electron chi connectivity index (χ1n) is 10.3. The van der Waals surface area contributed by atoms with Crippen molar-refractivity contribution in [2.45, 2.75) is 65.2 Å². The number of aliphatic hydroxyl groups is 1. The SMILES string of the molecule is CC(C)COCCOC(C)COCC(C)CCC(O)COCCC[Si](O)(O)O. The standard InChI is InChI=1S/C19H42O8Si/c1-16(2)12-25-9-10-27-18(4)14-26-13-17(3)6-7-19(20)15-24-8-5-11-28(21,22)23/h16-23H,5-15H2,1-4H3. The minimum atomic E-state index is -3.97. The van der Waals surface area contributed by atoms with Crippen LogP contribution in [0.15, 0.2) is 0 Å². The third-order valence-electron chi connectivity index (χ3n) is 3.94. The Hall–Kier alpha value is -0.103. The van der Waals surface area contributed by atoms with Crippen LogP contribution < -0.4 is 0 Å². The van der Waals surface area contributed by atoms with Crippen molar-refractivity contribution in [3.63, 3.8) is 0 Å². The third-order valence-corrected chi connectivity index (χ3v) is 4.96. The normalized spacial score (nSPS) is 15.8. The fraction of sp³-hybridized carbons (Fsp3) is 1.00. The van der Waals surface area contributed by atoms with Gasteiger partial charge in [0.25, 0.3) is 0 Å². The van der Waals surface area contributed by atoms with Gasteiger partial charge in [0.05, 0.1) is 38.6 Å². The van der Waals surface area contributed by atoms with Gasteiger partial charge in [-0.2, -0.15) is 0 Å². The van der Waals surface area contributed by atoms with E-state index in [2.05, 4.69) is 20.8 Å². The maximum Gasteiger partial charge on any atom is 0.492 e. The number of rotatable bonds is 19. The molecule has 28 heavy (non-hydrogen) atoms. The van der Waals surface area contributed by atoms with Gasteiger partial charge < -0.3 is 38.4 Å². The van der Waals surface area contributed by atoms with Crippen LogP contribution in [0.5, 0.6) is 0 Å². The van der Waals surface area contributed by atoms with Crippen molar-refractivity contribution in [2.75, 3.05) is 46.2 Å². The molecule has 0 fully saturated rings. The molecule has 0 bridgehead atoms. The molecule has 0 radical (unpaired) electrons. The van der Waals surface area contributed by atoms with Crippen LogP contribution >= 0.6 is 0 Å². The predicted molar refractivity (Wildman–Crippen MR) is 109 cm³/mol. The zero-order valence-corrected chi connectivity index (χ0v) is 19.0. The van der Waals surface area contributed by atoms with Gasteiger partial charge >= 0.3 is 8.80 Å². The average molecular weight is 427 g/mol. The van der Waals surface area contributed by atoms with Crippen LogP contribution in [0.25, 0.3) is 0 Å². The molecule has 0 saturated carbocycles. The van der Waals surface area contributed by atoms with Gasteiger partial charge in [-0.05, 0) is 38.0 Å². The first-order chi connectivity index (χ1) is 13.1. The van der Waals surface area contributed by atoms with Crippen molar-refractivity contribution >= 4 is 8.80 Å². The van der Waals surface area contributed by atoms with Gasteiger partial charge in [0.15, 0.2) is 0 Å². The van der Waals surface area contributed by atoms with Crippen molar-refractivity contribution in [3.8, 4) is 0 Å². The summed E-state index contributed by atoms with van der Waals surface area (Å²) in [6.45, 7) is 11.8. The third kappa shape index (κ3) is 20.6. The Labute approximate surface area is 171 Å². The first-order valence-corrected chi connectivity index (χ1v) is 12.3. The van der Waals surface area contributed by atoms with E-state index in [9.17, 15) is 5.11 Å². The van der Waals surface area contributed by atoms with Crippen molar-refractivity contribution in [1.82, 2.24) is 0 Å². The van der Waals surface area contributed by atoms with Crippen molar-refractivity contribution in [1.29, 1.82) is 0 Å². The molecule has 170 valence electrons. The van der Waals surface area contributed by atoms with Gasteiger partial charge in [-0.15, -0.1) is 0 Å². The summed E-state index contributed by atoms with van der Waals surface area (Å²) in [6.07, 6.45) is 1.25. The van der Waals surface area contributed by atoms with Crippen LogP contribution in [0.2, 0.25) is 6.04 Å². The van der Waals surface area contributed by atoms with Crippen LogP contribution in [0.1, 0.15) is 47.0 Å². The summed E-state index contributed by atoms with van der Waals surface area (Å²) in [7, 11) is -3.97.